The number of aliphatic hydroxyl groups excluding tert-OH is 1. The maximum absolute atomic E-state index is 13.4. The number of ether oxygens (including phenoxy) is 1. The molecule has 33 heavy (non-hydrogen) atoms. The van der Waals surface area contributed by atoms with Crippen LogP contribution in [0.15, 0.2) is 12.3 Å². The maximum atomic E-state index is 13.4. The minimum Gasteiger partial charge on any atom is -0.472 e. The average Bonchev–Trinajstić information content (AvgIpc) is 2.73. The number of fused-ring (bicyclic) bond motifs is 1. The fourth-order valence-corrected chi connectivity index (χ4v) is 3.38. The van der Waals surface area contributed by atoms with Crippen LogP contribution in [0.1, 0.15) is 43.6 Å². The highest BCUT2D eigenvalue weighted by Crippen LogP contribution is 2.27. The zero-order valence-electron chi connectivity index (χ0n) is 20.6. The highest BCUT2D eigenvalue weighted by molar-refractivity contribution is 5.97. The molecule has 0 bridgehead atoms. The van der Waals surface area contributed by atoms with Crippen molar-refractivity contribution in [2.75, 3.05) is 47.4 Å². The van der Waals surface area contributed by atoms with Crippen molar-refractivity contribution in [1.82, 2.24) is 19.7 Å². The van der Waals surface area contributed by atoms with Gasteiger partial charge in [0.1, 0.15) is 17.3 Å². The van der Waals surface area contributed by atoms with E-state index in [2.05, 4.69) is 16.8 Å². The predicted molar refractivity (Wildman–Crippen MR) is 125 cm³/mol. The number of hydrogen-bond donors (Lipinski definition) is 2. The molecule has 0 saturated heterocycles. The summed E-state index contributed by atoms with van der Waals surface area (Å²) in [7, 11) is 5.39. The molecule has 0 saturated carbocycles. The smallest absolute Gasteiger partial charge is 0.259 e. The van der Waals surface area contributed by atoms with Gasteiger partial charge in [-0.15, -0.1) is 0 Å². The fraction of sp³-hybridized carbons (Fsp3) is 0.625. The highest BCUT2D eigenvalue weighted by atomic mass is 16.5. The molecule has 0 spiro atoms. The average molecular weight is 461 g/mol. The third-order valence-electron chi connectivity index (χ3n) is 5.36. The van der Waals surface area contributed by atoms with Crippen LogP contribution in [0, 0.1) is 17.8 Å². The molecule has 0 fully saturated rings. The van der Waals surface area contributed by atoms with Crippen molar-refractivity contribution in [3.63, 3.8) is 0 Å². The van der Waals surface area contributed by atoms with Crippen molar-refractivity contribution in [3.05, 3.63) is 23.4 Å². The lowest BCUT2D eigenvalue weighted by Crippen LogP contribution is -2.51. The Bertz CT molecular complexity index is 916. The van der Waals surface area contributed by atoms with Gasteiger partial charge in [-0.05, 0) is 40.9 Å². The van der Waals surface area contributed by atoms with E-state index >= 15 is 0 Å². The van der Waals surface area contributed by atoms with Crippen LogP contribution >= 0.6 is 0 Å². The van der Waals surface area contributed by atoms with Crippen LogP contribution in [-0.4, -0.2) is 107 Å². The summed E-state index contributed by atoms with van der Waals surface area (Å²) >= 11 is 0. The van der Waals surface area contributed by atoms with Gasteiger partial charge in [0.2, 0.25) is 11.8 Å². The summed E-state index contributed by atoms with van der Waals surface area (Å²) in [6, 6.07) is 1.18. The first-order valence-electron chi connectivity index (χ1n) is 11.0. The van der Waals surface area contributed by atoms with Gasteiger partial charge in [0.05, 0.1) is 25.7 Å². The molecule has 1 aromatic heterocycles. The predicted octanol–water partition coefficient (Wildman–Crippen LogP) is 0.444. The molecule has 1 aliphatic rings. The lowest BCUT2D eigenvalue weighted by molar-refractivity contribution is -0.132. The third kappa shape index (κ3) is 7.42. The summed E-state index contributed by atoms with van der Waals surface area (Å²) < 4.78 is 6.18. The van der Waals surface area contributed by atoms with Crippen LogP contribution in [0.2, 0.25) is 0 Å². The molecule has 0 unspecified atom stereocenters. The van der Waals surface area contributed by atoms with Crippen molar-refractivity contribution in [3.8, 4) is 17.7 Å². The summed E-state index contributed by atoms with van der Waals surface area (Å²) in [5, 5.41) is 19.6. The maximum Gasteiger partial charge on any atom is 0.259 e. The van der Waals surface area contributed by atoms with Gasteiger partial charge in [-0.3, -0.25) is 9.59 Å². The minimum atomic E-state index is -1.19. The lowest BCUT2D eigenvalue weighted by Gasteiger charge is -2.37. The van der Waals surface area contributed by atoms with Crippen molar-refractivity contribution < 1.29 is 24.5 Å². The van der Waals surface area contributed by atoms with Gasteiger partial charge in [-0.2, -0.15) is 0 Å². The van der Waals surface area contributed by atoms with Crippen molar-refractivity contribution >= 4 is 11.8 Å². The van der Waals surface area contributed by atoms with Crippen molar-refractivity contribution in [1.29, 1.82) is 0 Å². The number of amides is 2. The molecular weight excluding hydrogens is 424 g/mol. The number of aliphatic hydroxyl groups is 2. The zero-order valence-corrected chi connectivity index (χ0v) is 20.6. The number of likely N-dealkylation sites (N-methyl/N-ethyl adjacent to an activating group) is 2. The Morgan fingerprint density at radius 2 is 2.06 bits per heavy atom. The quantitative estimate of drug-likeness (QED) is 0.594. The molecular formula is C24H36N4O5. The van der Waals surface area contributed by atoms with Crippen LogP contribution in [0.3, 0.4) is 0 Å². The summed E-state index contributed by atoms with van der Waals surface area (Å²) in [6.07, 6.45) is 1.08. The molecule has 1 aliphatic heterocycles. The van der Waals surface area contributed by atoms with Crippen LogP contribution in [0.25, 0.3) is 0 Å². The molecule has 2 rings (SSSR count). The Hall–Kier alpha value is -2.67. The van der Waals surface area contributed by atoms with Crippen molar-refractivity contribution in [2.45, 2.75) is 45.4 Å². The number of hydrogen-bond acceptors (Lipinski definition) is 7. The molecule has 0 aromatic carbocycles. The van der Waals surface area contributed by atoms with E-state index < -0.39 is 17.7 Å². The van der Waals surface area contributed by atoms with Crippen molar-refractivity contribution in [2.24, 2.45) is 5.92 Å². The second kappa shape index (κ2) is 11.0. The summed E-state index contributed by atoms with van der Waals surface area (Å²) in [4.78, 5) is 35.2. The molecule has 1 aromatic rings. The monoisotopic (exact) mass is 460 g/mol. The number of aromatic nitrogens is 1. The van der Waals surface area contributed by atoms with Gasteiger partial charge in [-0.1, -0.05) is 18.8 Å². The van der Waals surface area contributed by atoms with Crippen LogP contribution in [0.5, 0.6) is 5.88 Å². The SMILES string of the molecule is C[C@@H]1CN([C@@H](C)CO)C(=O)c2cc(C#CC(C)(C)O)cnc2O[C@@H]1CN(C)C(=O)CN(C)C. The fourth-order valence-electron chi connectivity index (χ4n) is 3.38. The molecule has 182 valence electrons. The Balaban J connectivity index is 2.44. The highest BCUT2D eigenvalue weighted by Gasteiger charge is 2.34. The number of rotatable bonds is 6. The molecule has 9 heteroatoms. The standard InChI is InChI=1S/C24H36N4O5/c1-16-12-28(17(2)15-29)23(31)19-10-18(8-9-24(3,4)32)11-25-22(19)33-20(16)13-27(7)21(30)14-26(5)6/h10-11,16-17,20,29,32H,12-15H2,1-7H3/t16-,17+,20-/m1/s1. The van der Waals surface area contributed by atoms with E-state index in [-0.39, 0.29) is 42.3 Å². The third-order valence-corrected chi connectivity index (χ3v) is 5.36. The number of carbonyl (C=O) groups is 2. The molecule has 0 aliphatic carbocycles. The lowest BCUT2D eigenvalue weighted by atomic mass is 9.99. The van der Waals surface area contributed by atoms with Gasteiger partial charge in [0.25, 0.3) is 5.91 Å². The van der Waals surface area contributed by atoms with E-state index in [9.17, 15) is 19.8 Å². The number of carbonyl (C=O) groups excluding carboxylic acids is 2. The van der Waals surface area contributed by atoms with E-state index in [1.807, 2.05) is 21.0 Å². The second-order valence-corrected chi connectivity index (χ2v) is 9.52. The van der Waals surface area contributed by atoms with Crippen LogP contribution in [-0.2, 0) is 4.79 Å². The Morgan fingerprint density at radius 1 is 1.39 bits per heavy atom. The van der Waals surface area contributed by atoms with E-state index in [0.717, 1.165) is 0 Å². The van der Waals surface area contributed by atoms with E-state index in [4.69, 9.17) is 4.74 Å². The van der Waals surface area contributed by atoms with Crippen LogP contribution in [0.4, 0.5) is 0 Å². The minimum absolute atomic E-state index is 0.0417. The molecule has 2 amide bonds. The van der Waals surface area contributed by atoms with Gasteiger partial charge in [0, 0.05) is 31.3 Å². The molecule has 9 nitrogen and oxygen atoms in total. The van der Waals surface area contributed by atoms with Gasteiger partial charge >= 0.3 is 0 Å². The second-order valence-electron chi connectivity index (χ2n) is 9.52. The van der Waals surface area contributed by atoms with Crippen LogP contribution < -0.4 is 4.74 Å². The molecule has 2 N–H and O–H groups in total. The number of nitrogens with zero attached hydrogens (tertiary/aromatic N) is 4. The number of pyridine rings is 1. The summed E-state index contributed by atoms with van der Waals surface area (Å²) in [6.45, 7) is 7.63. The van der Waals surface area contributed by atoms with E-state index in [1.54, 1.807) is 48.6 Å². The van der Waals surface area contributed by atoms with Gasteiger partial charge in [-0.25, -0.2) is 4.98 Å². The zero-order chi connectivity index (χ0) is 24.9. The van der Waals surface area contributed by atoms with Gasteiger partial charge in [0.15, 0.2) is 0 Å². The molecule has 2 heterocycles. The molecule has 3 atom stereocenters. The summed E-state index contributed by atoms with van der Waals surface area (Å²) in [5.41, 5.74) is -0.489. The Kier molecular flexibility index (Phi) is 8.83. The largest absolute Gasteiger partial charge is 0.472 e. The first kappa shape index (κ1) is 26.6. The van der Waals surface area contributed by atoms with Gasteiger partial charge < -0.3 is 29.6 Å². The van der Waals surface area contributed by atoms with E-state index in [0.29, 0.717) is 18.7 Å². The first-order valence-corrected chi connectivity index (χ1v) is 11.0. The normalized spacial score (nSPS) is 19.6. The summed E-state index contributed by atoms with van der Waals surface area (Å²) in [5.74, 6) is 5.24. The Morgan fingerprint density at radius 3 is 2.64 bits per heavy atom. The first-order chi connectivity index (χ1) is 15.3. The topological polar surface area (TPSA) is 106 Å². The molecule has 0 radical (unpaired) electrons. The Labute approximate surface area is 196 Å². The van der Waals surface area contributed by atoms with E-state index in [1.165, 1.54) is 6.20 Å².